The van der Waals surface area contributed by atoms with E-state index in [4.69, 9.17) is 0 Å². The Bertz CT molecular complexity index is 4080. The number of anilines is 3. The quantitative estimate of drug-likeness (QED) is 0.133. The third kappa shape index (κ3) is 7.33. The highest BCUT2D eigenvalue weighted by molar-refractivity contribution is 6.09. The number of nitrogens with zero attached hydrogens (tertiary/aromatic N) is 2. The Kier molecular flexibility index (Phi) is 10.8. The zero-order chi connectivity index (χ0) is 49.7. The van der Waals surface area contributed by atoms with Crippen LogP contribution in [0.5, 0.6) is 0 Å². The summed E-state index contributed by atoms with van der Waals surface area (Å²) in [4.78, 5) is 2.37. The van der Waals surface area contributed by atoms with Crippen LogP contribution in [-0.4, -0.2) is 4.57 Å². The third-order valence-corrected chi connectivity index (χ3v) is 15.5. The Labute approximate surface area is 438 Å². The van der Waals surface area contributed by atoms with E-state index in [0.717, 1.165) is 22.6 Å². The fourth-order valence-electron chi connectivity index (χ4n) is 12.1. The summed E-state index contributed by atoms with van der Waals surface area (Å²) in [7, 11) is 0. The molecule has 0 fully saturated rings. The van der Waals surface area contributed by atoms with Crippen LogP contribution in [0, 0.1) is 0 Å². The van der Waals surface area contributed by atoms with E-state index in [9.17, 15) is 0 Å². The van der Waals surface area contributed by atoms with Crippen LogP contribution >= 0.6 is 0 Å². The molecule has 1 aromatic heterocycles. The van der Waals surface area contributed by atoms with E-state index < -0.39 is 5.41 Å². The number of hydrogen-bond donors (Lipinski definition) is 0. The normalized spacial score (nSPS) is 12.4. The lowest BCUT2D eigenvalue weighted by atomic mass is 9.67. The highest BCUT2D eigenvalue weighted by Gasteiger charge is 2.46. The molecule has 1 aliphatic carbocycles. The van der Waals surface area contributed by atoms with Crippen molar-refractivity contribution in [3.63, 3.8) is 0 Å². The molecule has 75 heavy (non-hydrogen) atoms. The summed E-state index contributed by atoms with van der Waals surface area (Å²) < 4.78 is 2.41. The van der Waals surface area contributed by atoms with E-state index in [1.807, 2.05) is 0 Å². The number of para-hydroxylation sites is 3. The van der Waals surface area contributed by atoms with E-state index in [2.05, 4.69) is 313 Å². The summed E-state index contributed by atoms with van der Waals surface area (Å²) in [5.74, 6) is 0. The first-order valence-electron chi connectivity index (χ1n) is 25.9. The van der Waals surface area contributed by atoms with Crippen LogP contribution in [0.4, 0.5) is 17.1 Å². The fourth-order valence-corrected chi connectivity index (χ4v) is 12.1. The van der Waals surface area contributed by atoms with Crippen LogP contribution in [0.25, 0.3) is 83.1 Å². The minimum atomic E-state index is -0.457. The van der Waals surface area contributed by atoms with Gasteiger partial charge in [-0.15, -0.1) is 0 Å². The standard InChI is InChI=1S/C73H50N2/c1-4-19-51(20-5-1)53-39-45-59(46-40-53)74(60-47-41-54(42-48-60)52-35-37-55(38-36-52)62-25-11-15-32-69(62)75-70-33-16-12-26-64(70)65-27-13-17-34-71(65)75)61-49-43-56(44-50-61)63-29-18-31-68-72(63)66-28-10-14-30-67(66)73(68,57-21-6-2-7-22-57)58-23-8-3-9-24-58/h1-50H. The Morgan fingerprint density at radius 3 is 1.19 bits per heavy atom. The average Bonchev–Trinajstić information content (AvgIpc) is 4.00. The van der Waals surface area contributed by atoms with Crippen molar-refractivity contribution in [3.05, 3.63) is 326 Å². The maximum atomic E-state index is 2.41. The highest BCUT2D eigenvalue weighted by atomic mass is 15.1. The van der Waals surface area contributed by atoms with Gasteiger partial charge in [0.2, 0.25) is 0 Å². The molecule has 1 aliphatic rings. The van der Waals surface area contributed by atoms with Gasteiger partial charge in [0.05, 0.1) is 22.1 Å². The molecule has 14 rings (SSSR count). The lowest BCUT2D eigenvalue weighted by Gasteiger charge is -2.34. The molecule has 352 valence electrons. The molecule has 0 spiro atoms. The number of rotatable bonds is 10. The highest BCUT2D eigenvalue weighted by Crippen LogP contribution is 2.58. The van der Waals surface area contributed by atoms with Crippen LogP contribution in [-0.2, 0) is 5.41 Å². The van der Waals surface area contributed by atoms with E-state index >= 15 is 0 Å². The molecule has 0 unspecified atom stereocenters. The minimum absolute atomic E-state index is 0.457. The molecule has 0 saturated heterocycles. The molecule has 13 aromatic rings. The summed E-state index contributed by atoms with van der Waals surface area (Å²) in [5.41, 5.74) is 23.6. The summed E-state index contributed by atoms with van der Waals surface area (Å²) in [6.07, 6.45) is 0. The summed E-state index contributed by atoms with van der Waals surface area (Å²) in [6.45, 7) is 0. The lowest BCUT2D eigenvalue weighted by Crippen LogP contribution is -2.28. The maximum absolute atomic E-state index is 2.41. The molecule has 2 heteroatoms. The minimum Gasteiger partial charge on any atom is -0.311 e. The van der Waals surface area contributed by atoms with Crippen molar-refractivity contribution in [1.29, 1.82) is 0 Å². The Morgan fingerprint density at radius 1 is 0.253 bits per heavy atom. The predicted octanol–water partition coefficient (Wildman–Crippen LogP) is 19.3. The third-order valence-electron chi connectivity index (χ3n) is 15.5. The van der Waals surface area contributed by atoms with Gasteiger partial charge in [-0.2, -0.15) is 0 Å². The lowest BCUT2D eigenvalue weighted by molar-refractivity contribution is 0.768. The maximum Gasteiger partial charge on any atom is 0.0713 e. The van der Waals surface area contributed by atoms with Gasteiger partial charge in [0.25, 0.3) is 0 Å². The van der Waals surface area contributed by atoms with Crippen LogP contribution in [0.2, 0.25) is 0 Å². The molecule has 0 N–H and O–H groups in total. The average molecular weight is 955 g/mol. The monoisotopic (exact) mass is 954 g/mol. The number of fused-ring (bicyclic) bond motifs is 6. The summed E-state index contributed by atoms with van der Waals surface area (Å²) in [6, 6.07) is 111. The van der Waals surface area contributed by atoms with Gasteiger partial charge in [-0.25, -0.2) is 0 Å². The van der Waals surface area contributed by atoms with Gasteiger partial charge in [0.15, 0.2) is 0 Å². The number of aromatic nitrogens is 1. The topological polar surface area (TPSA) is 8.17 Å². The van der Waals surface area contributed by atoms with E-state index in [1.54, 1.807) is 0 Å². The fraction of sp³-hybridized carbons (Fsp3) is 0.0137. The number of benzene rings is 12. The Morgan fingerprint density at radius 2 is 0.627 bits per heavy atom. The van der Waals surface area contributed by atoms with Gasteiger partial charge in [-0.05, 0) is 127 Å². The molecule has 0 radical (unpaired) electrons. The zero-order valence-corrected chi connectivity index (χ0v) is 41.3. The first-order chi connectivity index (χ1) is 37.2. The van der Waals surface area contributed by atoms with E-state index in [1.165, 1.54) is 99.8 Å². The molecule has 0 atom stereocenters. The van der Waals surface area contributed by atoms with Crippen molar-refractivity contribution < 1.29 is 0 Å². The first-order valence-corrected chi connectivity index (χ1v) is 25.9. The molecular formula is C73H50N2. The SMILES string of the molecule is c1ccc(-c2ccc(N(c3ccc(-c4ccc(-c5ccccc5-n5c6ccccc6c6ccccc65)cc4)cc3)c3ccc(-c4cccc5c4-c4ccccc4C5(c4ccccc4)c4ccccc4)cc3)cc2)cc1. The van der Waals surface area contributed by atoms with Crippen molar-refractivity contribution in [2.45, 2.75) is 5.41 Å². The van der Waals surface area contributed by atoms with Crippen molar-refractivity contribution >= 4 is 38.9 Å². The molecule has 0 saturated carbocycles. The first kappa shape index (κ1) is 44.0. The zero-order valence-electron chi connectivity index (χ0n) is 41.3. The molecule has 0 aliphatic heterocycles. The van der Waals surface area contributed by atoms with Gasteiger partial charge in [-0.3, -0.25) is 0 Å². The van der Waals surface area contributed by atoms with Crippen molar-refractivity contribution in [2.24, 2.45) is 0 Å². The van der Waals surface area contributed by atoms with Crippen LogP contribution in [0.15, 0.2) is 303 Å². The molecule has 0 bridgehead atoms. The molecular weight excluding hydrogens is 905 g/mol. The molecule has 2 nitrogen and oxygen atoms in total. The molecule has 0 amide bonds. The predicted molar refractivity (Wildman–Crippen MR) is 315 cm³/mol. The second-order valence-electron chi connectivity index (χ2n) is 19.6. The smallest absolute Gasteiger partial charge is 0.0713 e. The summed E-state index contributed by atoms with van der Waals surface area (Å²) >= 11 is 0. The second kappa shape index (κ2) is 18.4. The van der Waals surface area contributed by atoms with Gasteiger partial charge in [0.1, 0.15) is 0 Å². The van der Waals surface area contributed by atoms with Gasteiger partial charge < -0.3 is 9.47 Å². The molecule has 1 heterocycles. The van der Waals surface area contributed by atoms with Crippen LogP contribution in [0.3, 0.4) is 0 Å². The van der Waals surface area contributed by atoms with Gasteiger partial charge in [-0.1, -0.05) is 249 Å². The van der Waals surface area contributed by atoms with Crippen molar-refractivity contribution in [3.8, 4) is 61.3 Å². The second-order valence-corrected chi connectivity index (χ2v) is 19.6. The Balaban J connectivity index is 0.825. The summed E-state index contributed by atoms with van der Waals surface area (Å²) in [5, 5.41) is 2.52. The largest absolute Gasteiger partial charge is 0.311 e. The van der Waals surface area contributed by atoms with E-state index in [0.29, 0.717) is 0 Å². The van der Waals surface area contributed by atoms with E-state index in [-0.39, 0.29) is 0 Å². The van der Waals surface area contributed by atoms with Gasteiger partial charge in [0, 0.05) is 33.4 Å². The van der Waals surface area contributed by atoms with Crippen LogP contribution in [0.1, 0.15) is 22.3 Å². The van der Waals surface area contributed by atoms with Crippen molar-refractivity contribution in [1.82, 2.24) is 4.57 Å². The molecule has 12 aromatic carbocycles. The number of hydrogen-bond acceptors (Lipinski definition) is 1. The van der Waals surface area contributed by atoms with Crippen molar-refractivity contribution in [2.75, 3.05) is 4.90 Å². The van der Waals surface area contributed by atoms with Gasteiger partial charge >= 0.3 is 0 Å². The van der Waals surface area contributed by atoms with Crippen LogP contribution < -0.4 is 4.90 Å². The Hall–Kier alpha value is -9.76.